The summed E-state index contributed by atoms with van der Waals surface area (Å²) in [4.78, 5) is 19.9. The molecule has 0 N–H and O–H groups in total. The van der Waals surface area contributed by atoms with Crippen LogP contribution in [-0.4, -0.2) is 23.0 Å². The van der Waals surface area contributed by atoms with Crippen molar-refractivity contribution in [3.8, 4) is 0 Å². The number of rotatable bonds is 2. The molecular weight excluding hydrogens is 224 g/mol. The number of fused-ring (bicyclic) bond motifs is 1. The minimum absolute atomic E-state index is 0.367. The highest BCUT2D eigenvalue weighted by atomic mass is 32.1. The Hall–Kier alpha value is -1.49. The number of hydrogen-bond donors (Lipinski definition) is 0. The van der Waals surface area contributed by atoms with Crippen molar-refractivity contribution >= 4 is 27.7 Å². The molecule has 5 heteroatoms. The van der Waals surface area contributed by atoms with Crippen molar-refractivity contribution in [2.24, 2.45) is 0 Å². The second-order valence-corrected chi connectivity index (χ2v) is 4.81. The molecule has 0 aliphatic carbocycles. The molecule has 0 aromatic carbocycles. The van der Waals surface area contributed by atoms with Crippen molar-refractivity contribution in [2.45, 2.75) is 19.8 Å². The van der Waals surface area contributed by atoms with Gasteiger partial charge in [-0.2, -0.15) is 0 Å². The van der Waals surface area contributed by atoms with E-state index in [1.54, 1.807) is 17.4 Å². The van der Waals surface area contributed by atoms with Crippen LogP contribution >= 0.6 is 11.3 Å². The van der Waals surface area contributed by atoms with Gasteiger partial charge in [0.1, 0.15) is 0 Å². The Balaban J connectivity index is 2.49. The van der Waals surface area contributed by atoms with Crippen molar-refractivity contribution in [1.29, 1.82) is 0 Å². The van der Waals surface area contributed by atoms with Crippen molar-refractivity contribution in [1.82, 2.24) is 9.97 Å². The van der Waals surface area contributed by atoms with Crippen LogP contribution in [0.15, 0.2) is 12.3 Å². The van der Waals surface area contributed by atoms with Gasteiger partial charge in [0, 0.05) is 12.1 Å². The number of carbonyl (C=O) groups excluding carboxylic acids is 1. The van der Waals surface area contributed by atoms with Crippen molar-refractivity contribution in [3.63, 3.8) is 0 Å². The van der Waals surface area contributed by atoms with Gasteiger partial charge in [-0.3, -0.25) is 0 Å². The number of aromatic nitrogens is 2. The van der Waals surface area contributed by atoms with Gasteiger partial charge < -0.3 is 4.74 Å². The summed E-state index contributed by atoms with van der Waals surface area (Å²) in [5.74, 6) is 0.00896. The molecule has 0 aliphatic rings. The molecule has 0 saturated carbocycles. The van der Waals surface area contributed by atoms with E-state index in [2.05, 4.69) is 28.6 Å². The van der Waals surface area contributed by atoms with Crippen LogP contribution in [0.3, 0.4) is 0 Å². The predicted octanol–water partition coefficient (Wildman–Crippen LogP) is 2.60. The lowest BCUT2D eigenvalue weighted by atomic mass is 10.2. The Morgan fingerprint density at radius 1 is 1.50 bits per heavy atom. The standard InChI is InChI=1S/C11H12N2O2S/c1-6(2)10-13-9-8(16-10)4-7(5-12-9)11(14)15-3/h4-6H,1-3H3. The number of ether oxygens (including phenoxy) is 1. The van der Waals surface area contributed by atoms with Gasteiger partial charge in [-0.1, -0.05) is 13.8 Å². The van der Waals surface area contributed by atoms with Crippen LogP contribution in [0.2, 0.25) is 0 Å². The summed E-state index contributed by atoms with van der Waals surface area (Å²) in [6, 6.07) is 1.78. The first-order chi connectivity index (χ1) is 7.61. The Kier molecular flexibility index (Phi) is 2.87. The highest BCUT2D eigenvalue weighted by Crippen LogP contribution is 2.26. The summed E-state index contributed by atoms with van der Waals surface area (Å²) >= 11 is 1.57. The lowest BCUT2D eigenvalue weighted by Gasteiger charge is -1.96. The van der Waals surface area contributed by atoms with E-state index in [4.69, 9.17) is 0 Å². The summed E-state index contributed by atoms with van der Waals surface area (Å²) in [5, 5.41) is 1.03. The van der Waals surface area contributed by atoms with Crippen molar-refractivity contribution in [3.05, 3.63) is 22.8 Å². The molecule has 0 fully saturated rings. The number of methoxy groups -OCH3 is 1. The molecule has 84 valence electrons. The van der Waals surface area contributed by atoms with Gasteiger partial charge >= 0.3 is 5.97 Å². The molecule has 2 heterocycles. The fourth-order valence-electron chi connectivity index (χ4n) is 1.31. The van der Waals surface area contributed by atoms with Crippen LogP contribution in [0, 0.1) is 0 Å². The van der Waals surface area contributed by atoms with Crippen LogP contribution < -0.4 is 0 Å². The summed E-state index contributed by atoms with van der Waals surface area (Å²) in [6.45, 7) is 4.16. The zero-order chi connectivity index (χ0) is 11.7. The van der Waals surface area contributed by atoms with Crippen LogP contribution in [-0.2, 0) is 4.74 Å². The van der Waals surface area contributed by atoms with Gasteiger partial charge in [0.25, 0.3) is 0 Å². The number of thiazole rings is 1. The monoisotopic (exact) mass is 236 g/mol. The molecule has 4 nitrogen and oxygen atoms in total. The van der Waals surface area contributed by atoms with Crippen LogP contribution in [0.4, 0.5) is 0 Å². The summed E-state index contributed by atoms with van der Waals surface area (Å²) in [5.41, 5.74) is 1.16. The molecule has 0 radical (unpaired) electrons. The van der Waals surface area contributed by atoms with E-state index in [0.717, 1.165) is 9.71 Å². The molecule has 0 saturated heterocycles. The van der Waals surface area contributed by atoms with E-state index in [0.29, 0.717) is 17.1 Å². The molecular formula is C11H12N2O2S. The van der Waals surface area contributed by atoms with Gasteiger partial charge in [0.2, 0.25) is 0 Å². The molecule has 2 aromatic heterocycles. The smallest absolute Gasteiger partial charge is 0.339 e. The average Bonchev–Trinajstić information content (AvgIpc) is 2.70. The first-order valence-electron chi connectivity index (χ1n) is 4.96. The number of pyridine rings is 1. The van der Waals surface area contributed by atoms with E-state index in [9.17, 15) is 4.79 Å². The third kappa shape index (κ3) is 1.90. The second kappa shape index (κ2) is 4.17. The molecule has 0 spiro atoms. The first kappa shape index (κ1) is 11.0. The molecule has 0 amide bonds. The van der Waals surface area contributed by atoms with Gasteiger partial charge in [-0.05, 0) is 6.07 Å². The highest BCUT2D eigenvalue weighted by Gasteiger charge is 2.11. The van der Waals surface area contributed by atoms with E-state index in [1.807, 2.05) is 0 Å². The third-order valence-electron chi connectivity index (χ3n) is 2.18. The molecule has 2 aromatic rings. The largest absolute Gasteiger partial charge is 0.465 e. The quantitative estimate of drug-likeness (QED) is 0.752. The summed E-state index contributed by atoms with van der Waals surface area (Å²) in [6.07, 6.45) is 1.50. The minimum Gasteiger partial charge on any atom is -0.465 e. The highest BCUT2D eigenvalue weighted by molar-refractivity contribution is 7.18. The number of carbonyl (C=O) groups is 1. The molecule has 2 rings (SSSR count). The SMILES string of the molecule is COC(=O)c1cnc2nc(C(C)C)sc2c1. The first-order valence-corrected chi connectivity index (χ1v) is 5.78. The maximum atomic E-state index is 11.3. The Morgan fingerprint density at radius 2 is 2.25 bits per heavy atom. The Morgan fingerprint density at radius 3 is 2.88 bits per heavy atom. The molecule has 0 atom stereocenters. The normalized spacial score (nSPS) is 11.0. The summed E-state index contributed by atoms with van der Waals surface area (Å²) < 4.78 is 5.57. The van der Waals surface area contributed by atoms with E-state index >= 15 is 0 Å². The van der Waals surface area contributed by atoms with Crippen LogP contribution in [0.25, 0.3) is 10.3 Å². The molecule has 16 heavy (non-hydrogen) atoms. The average molecular weight is 236 g/mol. The van der Waals surface area contributed by atoms with Crippen LogP contribution in [0.5, 0.6) is 0 Å². The molecule has 0 aliphatic heterocycles. The fourth-order valence-corrected chi connectivity index (χ4v) is 2.28. The predicted molar refractivity (Wildman–Crippen MR) is 62.8 cm³/mol. The second-order valence-electron chi connectivity index (χ2n) is 3.74. The Bertz CT molecular complexity index is 534. The van der Waals surface area contributed by atoms with Gasteiger partial charge in [0.05, 0.1) is 22.4 Å². The summed E-state index contributed by atoms with van der Waals surface area (Å²) in [7, 11) is 1.36. The van der Waals surface area contributed by atoms with Gasteiger partial charge in [-0.15, -0.1) is 11.3 Å². The topological polar surface area (TPSA) is 52.1 Å². The molecule has 0 bridgehead atoms. The zero-order valence-corrected chi connectivity index (χ0v) is 10.2. The van der Waals surface area contributed by atoms with Crippen molar-refractivity contribution < 1.29 is 9.53 Å². The lowest BCUT2D eigenvalue weighted by Crippen LogP contribution is -2.01. The Labute approximate surface area is 97.3 Å². The fraction of sp³-hybridized carbons (Fsp3) is 0.364. The van der Waals surface area contributed by atoms with E-state index < -0.39 is 0 Å². The van der Waals surface area contributed by atoms with E-state index in [1.165, 1.54) is 13.3 Å². The van der Waals surface area contributed by atoms with Crippen LogP contribution in [0.1, 0.15) is 35.1 Å². The number of nitrogens with zero attached hydrogens (tertiary/aromatic N) is 2. The van der Waals surface area contributed by atoms with E-state index in [-0.39, 0.29) is 5.97 Å². The molecule has 0 unspecified atom stereocenters. The minimum atomic E-state index is -0.367. The lowest BCUT2D eigenvalue weighted by molar-refractivity contribution is 0.0600. The third-order valence-corrected chi connectivity index (χ3v) is 3.47. The maximum Gasteiger partial charge on any atom is 0.339 e. The van der Waals surface area contributed by atoms with Gasteiger partial charge in [-0.25, -0.2) is 14.8 Å². The van der Waals surface area contributed by atoms with Crippen molar-refractivity contribution in [2.75, 3.05) is 7.11 Å². The zero-order valence-electron chi connectivity index (χ0n) is 9.35. The number of hydrogen-bond acceptors (Lipinski definition) is 5. The maximum absolute atomic E-state index is 11.3. The van der Waals surface area contributed by atoms with Gasteiger partial charge in [0.15, 0.2) is 5.65 Å². The number of esters is 1.